The van der Waals surface area contributed by atoms with E-state index >= 15 is 0 Å². The van der Waals surface area contributed by atoms with Gasteiger partial charge in [-0.3, -0.25) is 4.90 Å². The summed E-state index contributed by atoms with van der Waals surface area (Å²) in [6, 6.07) is 0.506. The van der Waals surface area contributed by atoms with Gasteiger partial charge in [-0.05, 0) is 33.6 Å². The van der Waals surface area contributed by atoms with Crippen molar-refractivity contribution in [2.45, 2.75) is 64.5 Å². The van der Waals surface area contributed by atoms with Gasteiger partial charge in [0, 0.05) is 44.1 Å². The Bertz CT molecular complexity index is 330. The Morgan fingerprint density at radius 1 is 1.19 bits per heavy atom. The molecule has 3 N–H and O–H groups in total. The van der Waals surface area contributed by atoms with Crippen molar-refractivity contribution in [3.63, 3.8) is 0 Å². The maximum Gasteiger partial charge on any atom is 0.318 e. The lowest BCUT2D eigenvalue weighted by Gasteiger charge is -2.43. The van der Waals surface area contributed by atoms with Gasteiger partial charge in [0.2, 0.25) is 0 Å². The first-order chi connectivity index (χ1) is 9.95. The fourth-order valence-corrected chi connectivity index (χ4v) is 3.00. The summed E-state index contributed by atoms with van der Waals surface area (Å²) < 4.78 is 0. The Labute approximate surface area is 129 Å². The molecule has 5 nitrogen and oxygen atoms in total. The molecule has 1 aliphatic carbocycles. The third-order valence-corrected chi connectivity index (χ3v) is 3.98. The molecular weight excluding hydrogens is 264 g/mol. The van der Waals surface area contributed by atoms with E-state index < -0.39 is 0 Å². The van der Waals surface area contributed by atoms with Crippen molar-refractivity contribution < 1.29 is 4.79 Å². The molecule has 0 bridgehead atoms. The van der Waals surface area contributed by atoms with Crippen LogP contribution in [0.5, 0.6) is 0 Å². The van der Waals surface area contributed by atoms with Crippen molar-refractivity contribution in [1.82, 2.24) is 20.9 Å². The summed E-state index contributed by atoms with van der Waals surface area (Å²) in [5.41, 5.74) is 0.145. The molecule has 0 unspecified atom stereocenters. The van der Waals surface area contributed by atoms with E-state index in [4.69, 9.17) is 0 Å². The van der Waals surface area contributed by atoms with Crippen LogP contribution in [0.4, 0.5) is 4.79 Å². The van der Waals surface area contributed by atoms with Crippen molar-refractivity contribution in [3.05, 3.63) is 12.4 Å². The van der Waals surface area contributed by atoms with Crippen LogP contribution in [0.3, 0.4) is 0 Å². The van der Waals surface area contributed by atoms with Crippen LogP contribution in [0.15, 0.2) is 12.4 Å². The van der Waals surface area contributed by atoms with Crippen molar-refractivity contribution >= 4 is 6.03 Å². The first-order valence-electron chi connectivity index (χ1n) is 8.08. The molecule has 1 fully saturated rings. The van der Waals surface area contributed by atoms with Crippen LogP contribution < -0.4 is 16.0 Å². The molecular formula is C16H32N4O. The van der Waals surface area contributed by atoms with Crippen LogP contribution in [-0.4, -0.2) is 42.6 Å². The van der Waals surface area contributed by atoms with E-state index in [1.54, 1.807) is 19.4 Å². The van der Waals surface area contributed by atoms with Crippen LogP contribution in [0.25, 0.3) is 0 Å². The minimum absolute atomic E-state index is 0.145. The Balaban J connectivity index is 2.39. The molecule has 21 heavy (non-hydrogen) atoms. The largest absolute Gasteiger partial charge is 0.393 e. The zero-order valence-electron chi connectivity index (χ0n) is 14.0. The number of urea groups is 1. The summed E-state index contributed by atoms with van der Waals surface area (Å²) in [4.78, 5) is 14.2. The number of amides is 2. The number of rotatable bonds is 6. The van der Waals surface area contributed by atoms with E-state index in [9.17, 15) is 4.79 Å². The van der Waals surface area contributed by atoms with Gasteiger partial charge in [-0.15, -0.1) is 0 Å². The van der Waals surface area contributed by atoms with Crippen molar-refractivity contribution in [2.24, 2.45) is 0 Å². The summed E-state index contributed by atoms with van der Waals surface area (Å²) in [7, 11) is 1.79. The van der Waals surface area contributed by atoms with Crippen LogP contribution >= 0.6 is 0 Å². The van der Waals surface area contributed by atoms with E-state index in [-0.39, 0.29) is 11.6 Å². The highest BCUT2D eigenvalue weighted by atomic mass is 16.2. The molecule has 0 atom stereocenters. The van der Waals surface area contributed by atoms with Gasteiger partial charge in [0.1, 0.15) is 0 Å². The molecule has 0 saturated heterocycles. The van der Waals surface area contributed by atoms with Gasteiger partial charge in [-0.1, -0.05) is 19.3 Å². The maximum atomic E-state index is 11.6. The normalized spacial score (nSPS) is 17.2. The molecule has 1 saturated carbocycles. The molecule has 0 spiro atoms. The lowest BCUT2D eigenvalue weighted by atomic mass is 9.90. The molecule has 122 valence electrons. The van der Waals surface area contributed by atoms with Crippen molar-refractivity contribution in [3.8, 4) is 0 Å². The predicted molar refractivity (Wildman–Crippen MR) is 88.1 cm³/mol. The standard InChI is InChI=1S/C16H32N4O/c1-16(2,3)20(14-8-6-5-7-9-14)13-12-19-15(21)18-11-10-17-4/h10-11,14,17H,5-9,12-13H2,1-4H3,(H2,18,19,21)/b11-10-. The van der Waals surface area contributed by atoms with Crippen molar-refractivity contribution in [1.29, 1.82) is 0 Å². The van der Waals surface area contributed by atoms with Crippen LogP contribution in [0.1, 0.15) is 52.9 Å². The number of carbonyl (C=O) groups is 1. The summed E-state index contributed by atoms with van der Waals surface area (Å²) in [6.45, 7) is 8.36. The predicted octanol–water partition coefficient (Wildman–Crippen LogP) is 2.41. The van der Waals surface area contributed by atoms with Gasteiger partial charge in [0.05, 0.1) is 0 Å². The van der Waals surface area contributed by atoms with E-state index in [0.717, 1.165) is 6.54 Å². The zero-order chi connectivity index (χ0) is 15.7. The Morgan fingerprint density at radius 3 is 2.43 bits per heavy atom. The molecule has 0 aromatic carbocycles. The minimum Gasteiger partial charge on any atom is -0.393 e. The van der Waals surface area contributed by atoms with Gasteiger partial charge >= 0.3 is 6.03 Å². The Hall–Kier alpha value is -1.23. The monoisotopic (exact) mass is 296 g/mol. The highest BCUT2D eigenvalue weighted by molar-refractivity contribution is 5.74. The Kier molecular flexibility index (Phi) is 7.57. The first kappa shape index (κ1) is 17.8. The Morgan fingerprint density at radius 2 is 1.86 bits per heavy atom. The average molecular weight is 296 g/mol. The van der Waals surface area contributed by atoms with E-state index in [0.29, 0.717) is 12.6 Å². The van der Waals surface area contributed by atoms with Gasteiger partial charge in [-0.2, -0.15) is 0 Å². The number of carbonyl (C=O) groups excluding carboxylic acids is 1. The van der Waals surface area contributed by atoms with Crippen LogP contribution in [0.2, 0.25) is 0 Å². The molecule has 2 amide bonds. The average Bonchev–Trinajstić information content (AvgIpc) is 2.43. The van der Waals surface area contributed by atoms with Crippen LogP contribution in [0, 0.1) is 0 Å². The van der Waals surface area contributed by atoms with Crippen LogP contribution in [-0.2, 0) is 0 Å². The summed E-state index contributed by atoms with van der Waals surface area (Å²) in [5, 5.41) is 8.41. The zero-order valence-corrected chi connectivity index (χ0v) is 14.0. The molecule has 0 aromatic heterocycles. The fourth-order valence-electron chi connectivity index (χ4n) is 3.00. The molecule has 0 aromatic rings. The second-order valence-corrected chi connectivity index (χ2v) is 6.68. The summed E-state index contributed by atoms with van der Waals surface area (Å²) in [5.74, 6) is 0. The van der Waals surface area contributed by atoms with E-state index in [2.05, 4.69) is 41.6 Å². The SMILES string of the molecule is CN/C=C\NC(=O)NCCN(C1CCCCC1)C(C)(C)C. The number of nitrogens with zero attached hydrogens (tertiary/aromatic N) is 1. The second kappa shape index (κ2) is 8.93. The third-order valence-electron chi connectivity index (χ3n) is 3.98. The minimum atomic E-state index is -0.154. The first-order valence-corrected chi connectivity index (χ1v) is 8.08. The lowest BCUT2D eigenvalue weighted by Crippen LogP contribution is -2.52. The molecule has 1 aliphatic rings. The number of hydrogen-bond acceptors (Lipinski definition) is 3. The van der Waals surface area contributed by atoms with Gasteiger partial charge in [-0.25, -0.2) is 4.79 Å². The highest BCUT2D eigenvalue weighted by Gasteiger charge is 2.29. The molecule has 5 heteroatoms. The highest BCUT2D eigenvalue weighted by Crippen LogP contribution is 2.27. The third kappa shape index (κ3) is 6.85. The number of hydrogen-bond donors (Lipinski definition) is 3. The van der Waals surface area contributed by atoms with Gasteiger partial charge < -0.3 is 16.0 Å². The van der Waals surface area contributed by atoms with E-state index in [1.165, 1.54) is 32.1 Å². The van der Waals surface area contributed by atoms with Gasteiger partial charge in [0.25, 0.3) is 0 Å². The smallest absolute Gasteiger partial charge is 0.318 e. The molecule has 1 rings (SSSR count). The second-order valence-electron chi connectivity index (χ2n) is 6.68. The quantitative estimate of drug-likeness (QED) is 0.705. The number of nitrogens with one attached hydrogen (secondary N) is 3. The molecule has 0 heterocycles. The molecule has 0 aliphatic heterocycles. The van der Waals surface area contributed by atoms with E-state index in [1.807, 2.05) is 0 Å². The fraction of sp³-hybridized carbons (Fsp3) is 0.812. The van der Waals surface area contributed by atoms with Gasteiger partial charge in [0.15, 0.2) is 0 Å². The molecule has 0 radical (unpaired) electrons. The summed E-state index contributed by atoms with van der Waals surface area (Å²) >= 11 is 0. The topological polar surface area (TPSA) is 56.4 Å². The summed E-state index contributed by atoms with van der Waals surface area (Å²) in [6.07, 6.45) is 9.89. The lowest BCUT2D eigenvalue weighted by molar-refractivity contribution is 0.0620. The maximum absolute atomic E-state index is 11.6. The van der Waals surface area contributed by atoms with Crippen molar-refractivity contribution in [2.75, 3.05) is 20.1 Å².